The number of methoxy groups -OCH3 is 1. The van der Waals surface area contributed by atoms with Gasteiger partial charge in [-0.15, -0.1) is 0 Å². The normalized spacial score (nSPS) is 23.1. The van der Waals surface area contributed by atoms with Gasteiger partial charge in [0.2, 0.25) is 0 Å². The van der Waals surface area contributed by atoms with Crippen LogP contribution in [0.2, 0.25) is 0 Å². The van der Waals surface area contributed by atoms with Gasteiger partial charge in [-0.25, -0.2) is 4.79 Å². The molecule has 1 aromatic rings. The van der Waals surface area contributed by atoms with E-state index in [0.29, 0.717) is 11.1 Å². The molecule has 2 N–H and O–H groups in total. The van der Waals surface area contributed by atoms with Gasteiger partial charge in [-0.05, 0) is 37.1 Å². The Kier molecular flexibility index (Phi) is 4.53. The van der Waals surface area contributed by atoms with Gasteiger partial charge in [0.15, 0.2) is 0 Å². The number of benzene rings is 1. The van der Waals surface area contributed by atoms with Gasteiger partial charge in [-0.3, -0.25) is 9.59 Å². The van der Waals surface area contributed by atoms with Gasteiger partial charge in [0.25, 0.3) is 11.8 Å². The number of nitrogens with zero attached hydrogens (tertiary/aromatic N) is 1. The lowest BCUT2D eigenvalue weighted by atomic mass is 10.1. The number of carbonyl (C=O) groups excluding carboxylic acids is 2. The summed E-state index contributed by atoms with van der Waals surface area (Å²) in [5.41, 5.74) is 0.852. The Morgan fingerprint density at radius 1 is 1.17 bits per heavy atom. The van der Waals surface area contributed by atoms with Gasteiger partial charge in [-0.2, -0.15) is 0 Å². The van der Waals surface area contributed by atoms with Gasteiger partial charge in [0.1, 0.15) is 6.04 Å². The van der Waals surface area contributed by atoms with E-state index in [1.54, 1.807) is 24.3 Å². The van der Waals surface area contributed by atoms with Gasteiger partial charge >= 0.3 is 5.97 Å². The number of ether oxygens (including phenoxy) is 1. The van der Waals surface area contributed by atoms with Crippen molar-refractivity contribution in [3.63, 3.8) is 0 Å². The Hall–Kier alpha value is -2.41. The first-order valence-electron chi connectivity index (χ1n) is 7.97. The van der Waals surface area contributed by atoms with Crippen molar-refractivity contribution >= 4 is 17.8 Å². The quantitative estimate of drug-likeness (QED) is 0.835. The van der Waals surface area contributed by atoms with E-state index in [1.165, 1.54) is 12.0 Å². The second kappa shape index (κ2) is 6.60. The van der Waals surface area contributed by atoms with E-state index < -0.39 is 12.0 Å². The molecular weight excluding hydrogens is 312 g/mol. The molecule has 128 valence electrons. The summed E-state index contributed by atoms with van der Waals surface area (Å²) in [6, 6.07) is 5.67. The Balaban J connectivity index is 1.71. The van der Waals surface area contributed by atoms with Crippen LogP contribution in [0.1, 0.15) is 40.0 Å². The van der Waals surface area contributed by atoms with E-state index in [4.69, 9.17) is 4.74 Å². The minimum atomic E-state index is -1.04. The van der Waals surface area contributed by atoms with Crippen LogP contribution in [-0.2, 0) is 9.53 Å². The van der Waals surface area contributed by atoms with Crippen molar-refractivity contribution in [1.82, 2.24) is 10.2 Å². The van der Waals surface area contributed by atoms with Crippen molar-refractivity contribution in [3.05, 3.63) is 35.4 Å². The SMILES string of the molecule is COC1CC(C(=O)O)N(C(=O)c2ccc(C(=O)NC3CC3)cc2)C1. The Bertz CT molecular complexity index is 653. The van der Waals surface area contributed by atoms with Crippen molar-refractivity contribution < 1.29 is 24.2 Å². The third-order valence-corrected chi connectivity index (χ3v) is 4.45. The maximum absolute atomic E-state index is 12.6. The molecule has 2 aliphatic rings. The third kappa shape index (κ3) is 3.41. The number of nitrogens with one attached hydrogen (secondary N) is 1. The monoisotopic (exact) mass is 332 g/mol. The number of hydrogen-bond acceptors (Lipinski definition) is 4. The fraction of sp³-hybridized carbons (Fsp3) is 0.471. The predicted molar refractivity (Wildman–Crippen MR) is 84.8 cm³/mol. The number of likely N-dealkylation sites (tertiary alicyclic amines) is 1. The van der Waals surface area contributed by atoms with Crippen LogP contribution in [0.5, 0.6) is 0 Å². The number of carboxylic acid groups (broad SMARTS) is 1. The molecule has 1 aliphatic carbocycles. The molecule has 0 aromatic heterocycles. The van der Waals surface area contributed by atoms with Crippen molar-refractivity contribution in [1.29, 1.82) is 0 Å². The highest BCUT2D eigenvalue weighted by atomic mass is 16.5. The topological polar surface area (TPSA) is 95.9 Å². The van der Waals surface area contributed by atoms with E-state index >= 15 is 0 Å². The van der Waals surface area contributed by atoms with Crippen molar-refractivity contribution in [2.24, 2.45) is 0 Å². The fourth-order valence-corrected chi connectivity index (χ4v) is 2.85. The smallest absolute Gasteiger partial charge is 0.326 e. The standard InChI is InChI=1S/C17H20N2O5/c1-24-13-8-14(17(22)23)19(9-13)16(21)11-4-2-10(3-5-11)15(20)18-12-6-7-12/h2-5,12-14H,6-9H2,1H3,(H,18,20)(H,22,23). The Labute approximate surface area is 139 Å². The van der Waals surface area contributed by atoms with Gasteiger partial charge in [0.05, 0.1) is 6.10 Å². The van der Waals surface area contributed by atoms with Gasteiger partial charge < -0.3 is 20.1 Å². The number of hydrogen-bond donors (Lipinski definition) is 2. The zero-order valence-electron chi connectivity index (χ0n) is 13.4. The largest absolute Gasteiger partial charge is 0.480 e. The van der Waals surface area contributed by atoms with E-state index in [2.05, 4.69) is 5.32 Å². The minimum Gasteiger partial charge on any atom is -0.480 e. The molecule has 7 nitrogen and oxygen atoms in total. The second-order valence-electron chi connectivity index (χ2n) is 6.23. The van der Waals surface area contributed by atoms with Gasteiger partial charge in [-0.1, -0.05) is 0 Å². The van der Waals surface area contributed by atoms with Crippen LogP contribution in [-0.4, -0.2) is 59.6 Å². The summed E-state index contributed by atoms with van der Waals surface area (Å²) < 4.78 is 5.19. The number of rotatable bonds is 5. The average Bonchev–Trinajstić information content (AvgIpc) is 3.28. The molecule has 1 aliphatic heterocycles. The molecule has 0 spiro atoms. The molecule has 2 fully saturated rings. The van der Waals surface area contributed by atoms with E-state index in [9.17, 15) is 19.5 Å². The molecule has 2 atom stereocenters. The molecule has 1 saturated carbocycles. The first-order valence-corrected chi connectivity index (χ1v) is 7.97. The molecule has 0 bridgehead atoms. The maximum Gasteiger partial charge on any atom is 0.326 e. The van der Waals surface area contributed by atoms with E-state index in [-0.39, 0.29) is 36.9 Å². The lowest BCUT2D eigenvalue weighted by Gasteiger charge is -2.21. The van der Waals surface area contributed by atoms with Crippen LogP contribution in [0.3, 0.4) is 0 Å². The second-order valence-corrected chi connectivity index (χ2v) is 6.23. The Morgan fingerprint density at radius 2 is 1.79 bits per heavy atom. The van der Waals surface area contributed by atoms with Crippen LogP contribution < -0.4 is 5.32 Å². The van der Waals surface area contributed by atoms with Gasteiger partial charge in [0, 0.05) is 37.2 Å². The Morgan fingerprint density at radius 3 is 2.33 bits per heavy atom. The fourth-order valence-electron chi connectivity index (χ4n) is 2.85. The van der Waals surface area contributed by atoms with Crippen LogP contribution in [0.4, 0.5) is 0 Å². The predicted octanol–water partition coefficient (Wildman–Crippen LogP) is 0.893. The van der Waals surface area contributed by atoms with Crippen molar-refractivity contribution in [2.75, 3.05) is 13.7 Å². The number of aliphatic carboxylic acids is 1. The van der Waals surface area contributed by atoms with E-state index in [0.717, 1.165) is 12.8 Å². The number of carbonyl (C=O) groups is 3. The highest BCUT2D eigenvalue weighted by Crippen LogP contribution is 2.23. The summed E-state index contributed by atoms with van der Waals surface area (Å²) in [7, 11) is 1.50. The van der Waals surface area contributed by atoms with Crippen LogP contribution in [0, 0.1) is 0 Å². The first kappa shape index (κ1) is 16.4. The molecule has 24 heavy (non-hydrogen) atoms. The molecule has 0 radical (unpaired) electrons. The van der Waals surface area contributed by atoms with Crippen molar-refractivity contribution in [2.45, 2.75) is 37.5 Å². The third-order valence-electron chi connectivity index (χ3n) is 4.45. The molecule has 3 rings (SSSR count). The van der Waals surface area contributed by atoms with Crippen LogP contribution in [0.25, 0.3) is 0 Å². The lowest BCUT2D eigenvalue weighted by molar-refractivity contribution is -0.141. The summed E-state index contributed by atoms with van der Waals surface area (Å²) in [5.74, 6) is -1.56. The summed E-state index contributed by atoms with van der Waals surface area (Å²) in [4.78, 5) is 37.2. The molecule has 2 unspecified atom stereocenters. The molecule has 1 heterocycles. The van der Waals surface area contributed by atoms with Crippen molar-refractivity contribution in [3.8, 4) is 0 Å². The van der Waals surface area contributed by atoms with E-state index in [1.807, 2.05) is 0 Å². The lowest BCUT2D eigenvalue weighted by Crippen LogP contribution is -2.40. The summed E-state index contributed by atoms with van der Waals surface area (Å²) in [5, 5.41) is 12.2. The maximum atomic E-state index is 12.6. The number of amides is 2. The summed E-state index contributed by atoms with van der Waals surface area (Å²) in [6.07, 6.45) is 2.02. The molecule has 2 amide bonds. The van der Waals surface area contributed by atoms with Crippen LogP contribution in [0.15, 0.2) is 24.3 Å². The van der Waals surface area contributed by atoms with Crippen LogP contribution >= 0.6 is 0 Å². The summed E-state index contributed by atoms with van der Waals surface area (Å²) >= 11 is 0. The number of carboxylic acids is 1. The molecular formula is C17H20N2O5. The zero-order chi connectivity index (χ0) is 17.3. The molecule has 1 saturated heterocycles. The first-order chi connectivity index (χ1) is 11.5. The molecule has 1 aromatic carbocycles. The zero-order valence-corrected chi connectivity index (χ0v) is 13.4. The summed E-state index contributed by atoms with van der Waals surface area (Å²) in [6.45, 7) is 0.246. The molecule has 7 heteroatoms. The average molecular weight is 332 g/mol. The highest BCUT2D eigenvalue weighted by Gasteiger charge is 2.40. The highest BCUT2D eigenvalue weighted by molar-refractivity contribution is 5.99. The minimum absolute atomic E-state index is 0.152.